The highest BCUT2D eigenvalue weighted by Crippen LogP contribution is 2.49. The van der Waals surface area contributed by atoms with Gasteiger partial charge in [-0.05, 0) is 61.7 Å². The Kier molecular flexibility index (Phi) is 3.49. The van der Waals surface area contributed by atoms with Crippen LogP contribution in [0.2, 0.25) is 0 Å². The third kappa shape index (κ3) is 2.19. The minimum atomic E-state index is -0.00909. The summed E-state index contributed by atoms with van der Waals surface area (Å²) in [6.45, 7) is 9.43. The molecule has 0 unspecified atom stereocenters. The quantitative estimate of drug-likeness (QED) is 0.273. The standard InChI is InChI=1S/C23H19NO2S3/c1-9-6-13-10(2)21-14(11(3)20(13)27-9)7-16(29-21)22-19-17(12(4)28-22)15-8-24(5)23(25)18(15)26-19/h6-7H,8H2,1-5H3. The predicted octanol–water partition coefficient (Wildman–Crippen LogP) is 7.41. The first-order valence-electron chi connectivity index (χ1n) is 9.58. The van der Waals surface area contributed by atoms with Crippen molar-refractivity contribution in [1.82, 2.24) is 4.90 Å². The van der Waals surface area contributed by atoms with E-state index in [1.807, 2.05) is 29.7 Å². The lowest BCUT2D eigenvalue weighted by atomic mass is 10.0. The van der Waals surface area contributed by atoms with Crippen molar-refractivity contribution in [3.8, 4) is 9.75 Å². The first kappa shape index (κ1) is 17.7. The monoisotopic (exact) mass is 437 g/mol. The number of aryl methyl sites for hydroxylation is 4. The van der Waals surface area contributed by atoms with E-state index in [2.05, 4.69) is 39.8 Å². The van der Waals surface area contributed by atoms with E-state index in [0.29, 0.717) is 12.3 Å². The molecular formula is C23H19NO2S3. The molecule has 5 heterocycles. The van der Waals surface area contributed by atoms with Crippen molar-refractivity contribution < 1.29 is 9.21 Å². The number of hydrogen-bond acceptors (Lipinski definition) is 5. The Morgan fingerprint density at radius 2 is 1.66 bits per heavy atom. The Morgan fingerprint density at radius 3 is 2.41 bits per heavy atom. The van der Waals surface area contributed by atoms with Gasteiger partial charge in [0.15, 0.2) is 11.3 Å². The van der Waals surface area contributed by atoms with Crippen molar-refractivity contribution in [2.45, 2.75) is 34.2 Å². The molecule has 0 saturated heterocycles. The summed E-state index contributed by atoms with van der Waals surface area (Å²) in [6, 6.07) is 4.64. The van der Waals surface area contributed by atoms with Crippen LogP contribution in [0.1, 0.15) is 37.0 Å². The molecule has 5 aromatic rings. The van der Waals surface area contributed by atoms with E-state index in [-0.39, 0.29) is 5.91 Å². The summed E-state index contributed by atoms with van der Waals surface area (Å²) in [5, 5.41) is 3.86. The molecule has 0 spiro atoms. The molecule has 146 valence electrons. The minimum absolute atomic E-state index is 0.00909. The summed E-state index contributed by atoms with van der Waals surface area (Å²) >= 11 is 5.51. The SMILES string of the molecule is Cc1cc2c(C)c3sc(-c4sc(C)c5c6c(oc45)C(=O)N(C)C6)cc3c(C)c2s1. The molecule has 1 aliphatic rings. The van der Waals surface area contributed by atoms with Gasteiger partial charge in [-0.1, -0.05) is 0 Å². The number of furan rings is 1. The molecule has 1 amide bonds. The van der Waals surface area contributed by atoms with Gasteiger partial charge in [0.1, 0.15) is 0 Å². The summed E-state index contributed by atoms with van der Waals surface area (Å²) in [5.41, 5.74) is 4.67. The molecule has 0 aliphatic carbocycles. The van der Waals surface area contributed by atoms with E-state index >= 15 is 0 Å². The number of fused-ring (bicyclic) bond motifs is 5. The van der Waals surface area contributed by atoms with Gasteiger partial charge in [-0.2, -0.15) is 0 Å². The van der Waals surface area contributed by atoms with Gasteiger partial charge in [-0.25, -0.2) is 0 Å². The molecular weight excluding hydrogens is 418 g/mol. The van der Waals surface area contributed by atoms with Gasteiger partial charge in [0.05, 0.1) is 11.4 Å². The van der Waals surface area contributed by atoms with Gasteiger partial charge in [0, 0.05) is 42.0 Å². The lowest BCUT2D eigenvalue weighted by molar-refractivity contribution is 0.0793. The molecule has 0 saturated carbocycles. The van der Waals surface area contributed by atoms with E-state index in [1.54, 1.807) is 16.2 Å². The van der Waals surface area contributed by atoms with Crippen molar-refractivity contribution in [2.24, 2.45) is 0 Å². The molecule has 0 fully saturated rings. The van der Waals surface area contributed by atoms with E-state index in [4.69, 9.17) is 4.42 Å². The van der Waals surface area contributed by atoms with E-state index in [0.717, 1.165) is 21.4 Å². The fraction of sp³-hybridized carbons (Fsp3) is 0.261. The minimum Gasteiger partial charge on any atom is -0.449 e. The van der Waals surface area contributed by atoms with Crippen LogP contribution in [0, 0.1) is 27.7 Å². The smallest absolute Gasteiger partial charge is 0.290 e. The van der Waals surface area contributed by atoms with Crippen LogP contribution in [0.15, 0.2) is 16.5 Å². The first-order chi connectivity index (χ1) is 13.8. The lowest BCUT2D eigenvalue weighted by Gasteiger charge is -2.05. The third-order valence-corrected chi connectivity index (χ3v) is 9.75. The summed E-state index contributed by atoms with van der Waals surface area (Å²) in [4.78, 5) is 19.1. The Hall–Kier alpha value is -2.15. The van der Waals surface area contributed by atoms with Crippen molar-refractivity contribution >= 4 is 71.1 Å². The number of nitrogens with zero attached hydrogens (tertiary/aromatic N) is 1. The van der Waals surface area contributed by atoms with Gasteiger partial charge in [-0.15, -0.1) is 34.0 Å². The molecule has 3 nitrogen and oxygen atoms in total. The van der Waals surface area contributed by atoms with E-state index in [9.17, 15) is 4.79 Å². The van der Waals surface area contributed by atoms with Crippen molar-refractivity contribution in [3.63, 3.8) is 0 Å². The predicted molar refractivity (Wildman–Crippen MR) is 125 cm³/mol. The van der Waals surface area contributed by atoms with Crippen molar-refractivity contribution in [3.05, 3.63) is 44.3 Å². The zero-order valence-electron chi connectivity index (χ0n) is 16.9. The van der Waals surface area contributed by atoms with Crippen molar-refractivity contribution in [2.75, 3.05) is 7.05 Å². The second-order valence-electron chi connectivity index (χ2n) is 7.97. The molecule has 0 N–H and O–H groups in total. The van der Waals surface area contributed by atoms with Crippen LogP contribution in [-0.2, 0) is 6.54 Å². The highest BCUT2D eigenvalue weighted by molar-refractivity contribution is 7.27. The number of carbonyl (C=O) groups is 1. The fourth-order valence-corrected chi connectivity index (χ4v) is 8.11. The van der Waals surface area contributed by atoms with Gasteiger partial charge in [-0.3, -0.25) is 4.79 Å². The fourth-order valence-electron chi connectivity index (χ4n) is 4.59. The molecule has 1 aliphatic heterocycles. The van der Waals surface area contributed by atoms with Crippen LogP contribution in [0.3, 0.4) is 0 Å². The number of hydrogen-bond donors (Lipinski definition) is 0. The maximum atomic E-state index is 12.4. The molecule has 0 atom stereocenters. The maximum Gasteiger partial charge on any atom is 0.290 e. The Balaban J connectivity index is 1.63. The molecule has 0 radical (unpaired) electrons. The van der Waals surface area contributed by atoms with E-state index in [1.165, 1.54) is 45.9 Å². The first-order valence-corrected chi connectivity index (χ1v) is 12.0. The highest BCUT2D eigenvalue weighted by Gasteiger charge is 2.34. The molecule has 1 aromatic carbocycles. The summed E-state index contributed by atoms with van der Waals surface area (Å²) in [7, 11) is 1.83. The Bertz CT molecular complexity index is 1450. The topological polar surface area (TPSA) is 33.5 Å². The maximum absolute atomic E-state index is 12.4. The number of rotatable bonds is 1. The highest BCUT2D eigenvalue weighted by atomic mass is 32.1. The number of thiophene rings is 3. The van der Waals surface area contributed by atoms with Gasteiger partial charge < -0.3 is 9.32 Å². The number of carbonyl (C=O) groups excluding carboxylic acids is 1. The zero-order valence-corrected chi connectivity index (χ0v) is 19.3. The number of benzene rings is 1. The molecule has 4 aromatic heterocycles. The second-order valence-corrected chi connectivity index (χ2v) is 11.5. The lowest BCUT2D eigenvalue weighted by Crippen LogP contribution is -2.17. The Morgan fingerprint density at radius 1 is 0.966 bits per heavy atom. The van der Waals surface area contributed by atoms with Crippen LogP contribution in [0.5, 0.6) is 0 Å². The third-order valence-electron chi connectivity index (χ3n) is 6.06. The molecule has 0 bridgehead atoms. The van der Waals surface area contributed by atoms with Crippen LogP contribution < -0.4 is 0 Å². The van der Waals surface area contributed by atoms with Crippen LogP contribution in [0.25, 0.3) is 40.9 Å². The van der Waals surface area contributed by atoms with Crippen LogP contribution in [0.4, 0.5) is 0 Å². The molecule has 6 heteroatoms. The largest absolute Gasteiger partial charge is 0.449 e. The zero-order chi connectivity index (χ0) is 20.2. The van der Waals surface area contributed by atoms with Gasteiger partial charge in [0.2, 0.25) is 0 Å². The van der Waals surface area contributed by atoms with Gasteiger partial charge in [0.25, 0.3) is 5.91 Å². The summed E-state index contributed by atoms with van der Waals surface area (Å²) < 4.78 is 8.92. The normalized spacial score (nSPS) is 14.2. The second kappa shape index (κ2) is 5.72. The van der Waals surface area contributed by atoms with Crippen molar-refractivity contribution in [1.29, 1.82) is 0 Å². The summed E-state index contributed by atoms with van der Waals surface area (Å²) in [6.07, 6.45) is 0. The van der Waals surface area contributed by atoms with Crippen LogP contribution >= 0.6 is 34.0 Å². The van der Waals surface area contributed by atoms with E-state index < -0.39 is 0 Å². The molecule has 29 heavy (non-hydrogen) atoms. The molecule has 6 rings (SSSR count). The van der Waals surface area contributed by atoms with Gasteiger partial charge >= 0.3 is 0 Å². The Labute approximate surface area is 180 Å². The average Bonchev–Trinajstić information content (AvgIpc) is 3.45. The van der Waals surface area contributed by atoms with Crippen LogP contribution in [-0.4, -0.2) is 17.9 Å². The number of amides is 1. The average molecular weight is 438 g/mol. The summed E-state index contributed by atoms with van der Waals surface area (Å²) in [5.74, 6) is 0.518.